The first-order valence-electron chi connectivity index (χ1n) is 8.87. The molecule has 26 heavy (non-hydrogen) atoms. The van der Waals surface area contributed by atoms with Gasteiger partial charge in [0.1, 0.15) is 6.07 Å². The maximum atomic E-state index is 13.0. The predicted octanol–water partition coefficient (Wildman–Crippen LogP) is 3.46. The summed E-state index contributed by atoms with van der Waals surface area (Å²) in [6, 6.07) is 13.8. The van der Waals surface area contributed by atoms with Crippen molar-refractivity contribution >= 4 is 5.97 Å². The molecular formula is C21H21N3O2. The normalized spacial score (nSPS) is 25.1. The fraction of sp³-hybridized carbons (Fsp3) is 0.381. The maximum absolute atomic E-state index is 13.0. The zero-order valence-corrected chi connectivity index (χ0v) is 14.8. The Hall–Kier alpha value is -3.05. The van der Waals surface area contributed by atoms with Crippen LogP contribution in [0.3, 0.4) is 0 Å². The van der Waals surface area contributed by atoms with Gasteiger partial charge in [-0.25, -0.2) is 4.79 Å². The van der Waals surface area contributed by atoms with Gasteiger partial charge in [0.15, 0.2) is 0 Å². The molecule has 1 aromatic carbocycles. The van der Waals surface area contributed by atoms with Crippen molar-refractivity contribution in [2.24, 2.45) is 11.1 Å². The molecular weight excluding hydrogens is 326 g/mol. The zero-order valence-electron chi connectivity index (χ0n) is 14.8. The van der Waals surface area contributed by atoms with E-state index in [1.54, 1.807) is 6.92 Å². The lowest BCUT2D eigenvalue weighted by Gasteiger charge is -2.41. The second-order valence-corrected chi connectivity index (χ2v) is 6.60. The Bertz CT molecular complexity index is 871. The Kier molecular flexibility index (Phi) is 4.82. The van der Waals surface area contributed by atoms with E-state index in [-0.39, 0.29) is 17.9 Å². The summed E-state index contributed by atoms with van der Waals surface area (Å²) in [6.45, 7) is 1.84. The number of esters is 1. The van der Waals surface area contributed by atoms with E-state index in [2.05, 4.69) is 12.1 Å². The zero-order chi connectivity index (χ0) is 18.7. The number of nitrogens with zero attached hydrogens (tertiary/aromatic N) is 2. The molecule has 0 aliphatic heterocycles. The number of rotatable bonds is 3. The number of allylic oxidation sites excluding steroid dienone is 3. The highest BCUT2D eigenvalue weighted by Gasteiger charge is 2.56. The van der Waals surface area contributed by atoms with Gasteiger partial charge in [0, 0.05) is 5.92 Å². The molecule has 2 atom stereocenters. The first-order valence-corrected chi connectivity index (χ1v) is 8.87. The molecule has 0 bridgehead atoms. The van der Waals surface area contributed by atoms with Crippen LogP contribution in [0.1, 0.15) is 44.1 Å². The molecule has 2 aliphatic rings. The highest BCUT2D eigenvalue weighted by atomic mass is 16.5. The number of benzene rings is 1. The van der Waals surface area contributed by atoms with Crippen LogP contribution in [0.15, 0.2) is 52.7 Å². The lowest BCUT2D eigenvalue weighted by Crippen LogP contribution is -2.46. The van der Waals surface area contributed by atoms with Crippen LogP contribution in [-0.4, -0.2) is 12.6 Å². The van der Waals surface area contributed by atoms with Crippen molar-refractivity contribution in [3.05, 3.63) is 58.3 Å². The van der Waals surface area contributed by atoms with Crippen LogP contribution in [0.2, 0.25) is 0 Å². The summed E-state index contributed by atoms with van der Waals surface area (Å²) in [5.74, 6) is -1.21. The molecule has 2 N–H and O–H groups in total. The van der Waals surface area contributed by atoms with Crippen molar-refractivity contribution in [1.82, 2.24) is 0 Å². The van der Waals surface area contributed by atoms with E-state index in [9.17, 15) is 15.3 Å². The van der Waals surface area contributed by atoms with Gasteiger partial charge in [0.2, 0.25) is 5.41 Å². The van der Waals surface area contributed by atoms with Gasteiger partial charge in [-0.15, -0.1) is 0 Å². The van der Waals surface area contributed by atoms with Crippen molar-refractivity contribution in [3.8, 4) is 12.1 Å². The lowest BCUT2D eigenvalue weighted by molar-refractivity contribution is -0.151. The van der Waals surface area contributed by atoms with Gasteiger partial charge < -0.3 is 10.5 Å². The van der Waals surface area contributed by atoms with Crippen LogP contribution in [0.4, 0.5) is 0 Å². The smallest absolute Gasteiger partial charge is 0.333 e. The summed E-state index contributed by atoms with van der Waals surface area (Å²) in [7, 11) is 0. The van der Waals surface area contributed by atoms with Gasteiger partial charge in [-0.3, -0.25) is 0 Å². The second kappa shape index (κ2) is 7.06. The Morgan fingerprint density at radius 3 is 2.58 bits per heavy atom. The van der Waals surface area contributed by atoms with E-state index in [1.165, 1.54) is 0 Å². The third-order valence-corrected chi connectivity index (χ3v) is 5.31. The second-order valence-electron chi connectivity index (χ2n) is 6.60. The van der Waals surface area contributed by atoms with Crippen LogP contribution in [0.25, 0.3) is 0 Å². The van der Waals surface area contributed by atoms with Crippen LogP contribution < -0.4 is 5.73 Å². The average molecular weight is 347 g/mol. The summed E-state index contributed by atoms with van der Waals surface area (Å²) in [5, 5.41) is 19.9. The van der Waals surface area contributed by atoms with Crippen molar-refractivity contribution in [2.45, 2.75) is 38.5 Å². The molecule has 0 fully saturated rings. The van der Waals surface area contributed by atoms with E-state index in [0.717, 1.165) is 42.4 Å². The SMILES string of the molecule is CCOC(=O)[C@@]1(C#N)C(N)=C(C#N)C2=C(CCCC2)[C@@H]1c1ccccc1. The lowest BCUT2D eigenvalue weighted by atomic mass is 9.59. The van der Waals surface area contributed by atoms with Gasteiger partial charge in [0.05, 0.1) is 23.9 Å². The number of nitrogens with two attached hydrogens (primary N) is 1. The first kappa shape index (κ1) is 17.8. The first-order chi connectivity index (χ1) is 12.6. The standard InChI is InChI=1S/C21H21N3O2/c1-2-26-20(25)21(13-23)18(14-8-4-3-5-9-14)16-11-7-6-10-15(16)17(12-22)19(21)24/h3-5,8-9,18H,2,6-7,10-11,24H2,1H3/t18-,21+/m0/s1. The predicted molar refractivity (Wildman–Crippen MR) is 96.2 cm³/mol. The molecule has 132 valence electrons. The van der Waals surface area contributed by atoms with Crippen molar-refractivity contribution in [1.29, 1.82) is 10.5 Å². The minimum atomic E-state index is -1.71. The highest BCUT2D eigenvalue weighted by Crippen LogP contribution is 2.55. The van der Waals surface area contributed by atoms with E-state index >= 15 is 0 Å². The van der Waals surface area contributed by atoms with Crippen molar-refractivity contribution in [2.75, 3.05) is 6.61 Å². The van der Waals surface area contributed by atoms with Crippen LogP contribution in [0, 0.1) is 28.1 Å². The highest BCUT2D eigenvalue weighted by molar-refractivity contribution is 5.88. The van der Waals surface area contributed by atoms with Gasteiger partial charge >= 0.3 is 5.97 Å². The molecule has 1 aromatic rings. The Morgan fingerprint density at radius 1 is 1.27 bits per heavy atom. The molecule has 0 unspecified atom stereocenters. The van der Waals surface area contributed by atoms with Gasteiger partial charge in [-0.05, 0) is 43.7 Å². The summed E-state index contributed by atoms with van der Waals surface area (Å²) in [4.78, 5) is 13.0. The molecule has 0 aromatic heterocycles. The van der Waals surface area contributed by atoms with E-state index in [4.69, 9.17) is 10.5 Å². The Balaban J connectivity index is 2.34. The summed E-state index contributed by atoms with van der Waals surface area (Å²) in [6.07, 6.45) is 3.42. The number of hydrogen-bond acceptors (Lipinski definition) is 5. The molecule has 3 rings (SSSR count). The fourth-order valence-electron chi connectivity index (χ4n) is 4.18. The maximum Gasteiger partial charge on any atom is 0.333 e. The third-order valence-electron chi connectivity index (χ3n) is 5.31. The van der Waals surface area contributed by atoms with Crippen LogP contribution >= 0.6 is 0 Å². The minimum Gasteiger partial charge on any atom is -0.464 e. The Morgan fingerprint density at radius 2 is 1.96 bits per heavy atom. The largest absolute Gasteiger partial charge is 0.464 e. The number of ether oxygens (including phenoxy) is 1. The van der Waals surface area contributed by atoms with E-state index in [0.29, 0.717) is 0 Å². The number of nitriles is 2. The van der Waals surface area contributed by atoms with Gasteiger partial charge in [-0.2, -0.15) is 10.5 Å². The number of carbonyl (C=O) groups excluding carboxylic acids is 1. The monoisotopic (exact) mass is 347 g/mol. The van der Waals surface area contributed by atoms with Crippen LogP contribution in [0.5, 0.6) is 0 Å². The van der Waals surface area contributed by atoms with Crippen LogP contribution in [-0.2, 0) is 9.53 Å². The van der Waals surface area contributed by atoms with Crippen molar-refractivity contribution < 1.29 is 9.53 Å². The molecule has 0 saturated heterocycles. The molecule has 0 amide bonds. The van der Waals surface area contributed by atoms with Gasteiger partial charge in [0.25, 0.3) is 0 Å². The topological polar surface area (TPSA) is 99.9 Å². The summed E-state index contributed by atoms with van der Waals surface area (Å²) < 4.78 is 5.26. The molecule has 0 saturated carbocycles. The van der Waals surface area contributed by atoms with E-state index in [1.807, 2.05) is 30.3 Å². The molecule has 0 radical (unpaired) electrons. The third kappa shape index (κ3) is 2.48. The Labute approximate surface area is 153 Å². The quantitative estimate of drug-likeness (QED) is 0.844. The molecule has 2 aliphatic carbocycles. The van der Waals surface area contributed by atoms with E-state index < -0.39 is 17.3 Å². The summed E-state index contributed by atoms with van der Waals surface area (Å²) >= 11 is 0. The molecule has 0 heterocycles. The van der Waals surface area contributed by atoms with Crippen molar-refractivity contribution in [3.63, 3.8) is 0 Å². The number of carbonyl (C=O) groups is 1. The molecule has 5 nitrogen and oxygen atoms in total. The molecule has 5 heteroatoms. The fourth-order valence-corrected chi connectivity index (χ4v) is 4.18. The summed E-state index contributed by atoms with van der Waals surface area (Å²) in [5.41, 5.74) is 7.66. The van der Waals surface area contributed by atoms with Gasteiger partial charge in [-0.1, -0.05) is 35.9 Å². The average Bonchev–Trinajstić information content (AvgIpc) is 2.68. The minimum absolute atomic E-state index is 0.0236. The number of hydrogen-bond donors (Lipinski definition) is 1. The molecule has 0 spiro atoms.